The fourth-order valence-corrected chi connectivity index (χ4v) is 10.2. The van der Waals surface area contributed by atoms with Gasteiger partial charge in [-0.15, -0.1) is 11.3 Å². The van der Waals surface area contributed by atoms with Crippen molar-refractivity contribution in [1.82, 2.24) is 25.4 Å². The average molecular weight is 924 g/mol. The van der Waals surface area contributed by atoms with Gasteiger partial charge in [0.2, 0.25) is 11.8 Å². The Balaban J connectivity index is 1.58. The fraction of sp³-hybridized carbons (Fsp3) is 0.720. The normalized spacial score (nSPS) is 20.0. The van der Waals surface area contributed by atoms with Crippen molar-refractivity contribution in [1.29, 1.82) is 0 Å². The highest BCUT2D eigenvalue weighted by atomic mass is 32.1. The quantitative estimate of drug-likeness (QED) is 0.0316. The number of nitrogens with one attached hydrogen (secondary N) is 2. The number of anilines is 1. The lowest BCUT2D eigenvalue weighted by Crippen LogP contribution is -2.59. The Kier molecular flexibility index (Phi) is 21.2. The first kappa shape index (κ1) is 53.5. The number of esters is 1. The Morgan fingerprint density at radius 3 is 2.35 bits per heavy atom. The van der Waals surface area contributed by atoms with Crippen molar-refractivity contribution < 1.29 is 33.8 Å². The molecule has 2 heterocycles. The number of carboxylic acid groups (broad SMARTS) is 1. The summed E-state index contributed by atoms with van der Waals surface area (Å²) in [7, 11) is 0. The molecule has 2 aromatic rings. The molecule has 364 valence electrons. The zero-order valence-corrected chi connectivity index (χ0v) is 41.4. The third-order valence-electron chi connectivity index (χ3n) is 13.7. The molecule has 2 fully saturated rings. The molecule has 1 aliphatic heterocycles. The molecule has 3 amide bonds. The number of thiazole rings is 1. The van der Waals surface area contributed by atoms with Gasteiger partial charge in [0.15, 0.2) is 6.10 Å². The van der Waals surface area contributed by atoms with Crippen LogP contribution in [0.15, 0.2) is 29.6 Å². The molecule has 1 aromatic carbocycles. The monoisotopic (exact) mass is 924 g/mol. The molecule has 1 aliphatic carbocycles. The number of piperidine rings is 1. The number of rotatable bonds is 28. The second-order valence-electron chi connectivity index (χ2n) is 19.9. The SMILES string of the molecule is CCCCCCN(C(=O)[C@@H](NC(=O)[C@H]1CCCCN1CCC1CC1CCN)[C@@H](C)CC)[C@H](C[C@@H](OC(C)=O)c1nc(C(=O)N[C@@H](Cc2ccc(N)cc2)CC(C)(C)C(=O)O)cs1)C(C)C. The van der Waals surface area contributed by atoms with E-state index in [1.54, 1.807) is 31.4 Å². The summed E-state index contributed by atoms with van der Waals surface area (Å²) >= 11 is 1.20. The van der Waals surface area contributed by atoms with Gasteiger partial charge in [-0.25, -0.2) is 4.98 Å². The number of carboxylic acids is 1. The third kappa shape index (κ3) is 16.3. The number of nitrogens with zero attached hydrogens (tertiary/aromatic N) is 3. The summed E-state index contributed by atoms with van der Waals surface area (Å²) in [5.41, 5.74) is 12.2. The summed E-state index contributed by atoms with van der Waals surface area (Å²) in [6.07, 6.45) is 10.5. The first-order chi connectivity index (χ1) is 30.9. The Hall–Kier alpha value is -4.08. The van der Waals surface area contributed by atoms with E-state index < -0.39 is 47.5 Å². The number of ether oxygens (including phenoxy) is 1. The van der Waals surface area contributed by atoms with Crippen LogP contribution >= 0.6 is 11.3 Å². The van der Waals surface area contributed by atoms with Crippen molar-refractivity contribution in [2.24, 2.45) is 34.8 Å². The summed E-state index contributed by atoms with van der Waals surface area (Å²) in [5.74, 6) is -1.00. The Labute approximate surface area is 392 Å². The Morgan fingerprint density at radius 2 is 1.72 bits per heavy atom. The van der Waals surface area contributed by atoms with Crippen LogP contribution in [0.2, 0.25) is 0 Å². The van der Waals surface area contributed by atoms with Crippen molar-refractivity contribution in [3.8, 4) is 0 Å². The van der Waals surface area contributed by atoms with Crippen molar-refractivity contribution in [3.05, 3.63) is 45.9 Å². The molecule has 15 heteroatoms. The summed E-state index contributed by atoms with van der Waals surface area (Å²) in [5, 5.41) is 18.3. The highest BCUT2D eigenvalue weighted by Crippen LogP contribution is 2.43. The van der Waals surface area contributed by atoms with Gasteiger partial charge in [0.25, 0.3) is 5.91 Å². The van der Waals surface area contributed by atoms with Crippen LogP contribution in [-0.4, -0.2) is 99.9 Å². The summed E-state index contributed by atoms with van der Waals surface area (Å²) in [6, 6.07) is 5.29. The number of hydrogen-bond acceptors (Lipinski definition) is 11. The van der Waals surface area contributed by atoms with Gasteiger partial charge in [-0.2, -0.15) is 0 Å². The van der Waals surface area contributed by atoms with Gasteiger partial charge in [0, 0.05) is 43.0 Å². The van der Waals surface area contributed by atoms with Crippen molar-refractivity contribution in [3.63, 3.8) is 0 Å². The topological polar surface area (TPSA) is 210 Å². The number of nitrogens with two attached hydrogens (primary N) is 2. The Bertz CT molecular complexity index is 1840. The summed E-state index contributed by atoms with van der Waals surface area (Å²) in [4.78, 5) is 77.2. The number of carbonyl (C=O) groups is 5. The van der Waals surface area contributed by atoms with Crippen LogP contribution in [0.3, 0.4) is 0 Å². The van der Waals surface area contributed by atoms with Crippen LogP contribution in [0.25, 0.3) is 0 Å². The summed E-state index contributed by atoms with van der Waals surface area (Å²) < 4.78 is 5.98. The van der Waals surface area contributed by atoms with E-state index in [2.05, 4.69) is 36.3 Å². The minimum atomic E-state index is -1.12. The van der Waals surface area contributed by atoms with E-state index in [4.69, 9.17) is 21.2 Å². The second kappa shape index (κ2) is 25.7. The van der Waals surface area contributed by atoms with Crippen molar-refractivity contribution in [2.75, 3.05) is 31.9 Å². The Morgan fingerprint density at radius 1 is 1.02 bits per heavy atom. The van der Waals surface area contributed by atoms with E-state index in [1.165, 1.54) is 24.7 Å². The van der Waals surface area contributed by atoms with Crippen molar-refractivity contribution >= 4 is 46.7 Å². The number of unbranched alkanes of at least 4 members (excludes halogenated alkanes) is 3. The number of nitrogen functional groups attached to an aromatic ring is 1. The number of aliphatic carboxylic acids is 1. The van der Waals surface area contributed by atoms with E-state index in [-0.39, 0.29) is 48.2 Å². The standard InChI is InChI=1S/C50H81N7O7S/c1-9-11-12-14-25-57(48(61)44(33(5)10-2)55-46(60)41-16-13-15-24-56(41)26-22-37-28-36(37)21-23-51)42(32(3)4)29-43(64-34(6)58)47-54-40(31-65-47)45(59)53-39(30-50(7,8)49(62)63)27-35-17-19-38(52)20-18-35/h17-20,31-33,36-37,39,41-44H,9-16,21-30,51-52H2,1-8H3,(H,53,59)(H,55,60)(H,62,63)/t33-,36?,37?,39-,41+,42+,43+,44-/m0/s1. The van der Waals surface area contributed by atoms with Crippen LogP contribution in [0.1, 0.15) is 166 Å². The van der Waals surface area contributed by atoms with E-state index in [1.807, 2.05) is 30.9 Å². The molecule has 1 aromatic heterocycles. The average Bonchev–Trinajstić information content (AvgIpc) is 3.81. The van der Waals surface area contributed by atoms with Gasteiger partial charge >= 0.3 is 11.9 Å². The molecule has 7 N–H and O–H groups in total. The van der Waals surface area contributed by atoms with E-state index in [0.717, 1.165) is 76.4 Å². The number of aromatic nitrogens is 1. The first-order valence-electron chi connectivity index (χ1n) is 24.4. The molecule has 8 atom stereocenters. The number of benzene rings is 1. The highest BCUT2D eigenvalue weighted by molar-refractivity contribution is 7.09. The van der Waals surface area contributed by atoms with Gasteiger partial charge in [-0.05, 0) is 126 Å². The number of amides is 3. The number of carbonyl (C=O) groups excluding carboxylic acids is 4. The number of likely N-dealkylation sites (tertiary alicyclic amines) is 1. The zero-order valence-electron chi connectivity index (χ0n) is 40.6. The molecule has 0 radical (unpaired) electrons. The molecule has 4 rings (SSSR count). The molecule has 2 aliphatic rings. The molecule has 14 nitrogen and oxygen atoms in total. The maximum atomic E-state index is 15.2. The molecular weight excluding hydrogens is 843 g/mol. The predicted octanol–water partition coefficient (Wildman–Crippen LogP) is 7.76. The first-order valence-corrected chi connectivity index (χ1v) is 25.3. The van der Waals surface area contributed by atoms with E-state index in [9.17, 15) is 24.3 Å². The van der Waals surface area contributed by atoms with Gasteiger partial charge in [0.05, 0.1) is 11.5 Å². The summed E-state index contributed by atoms with van der Waals surface area (Å²) in [6.45, 7) is 17.9. The smallest absolute Gasteiger partial charge is 0.309 e. The third-order valence-corrected chi connectivity index (χ3v) is 14.7. The molecule has 1 saturated heterocycles. The van der Waals surface area contributed by atoms with Crippen LogP contribution in [0, 0.1) is 29.1 Å². The largest absolute Gasteiger partial charge is 0.481 e. The maximum Gasteiger partial charge on any atom is 0.309 e. The lowest BCUT2D eigenvalue weighted by atomic mass is 9.84. The van der Waals surface area contributed by atoms with Gasteiger partial charge in [-0.1, -0.05) is 78.9 Å². The molecule has 0 spiro atoms. The lowest BCUT2D eigenvalue weighted by Gasteiger charge is -2.40. The van der Waals surface area contributed by atoms with Gasteiger partial charge in [-0.3, -0.25) is 28.9 Å². The van der Waals surface area contributed by atoms with Crippen LogP contribution in [0.4, 0.5) is 5.69 Å². The molecule has 1 saturated carbocycles. The predicted molar refractivity (Wildman–Crippen MR) is 258 cm³/mol. The molecule has 0 bridgehead atoms. The highest BCUT2D eigenvalue weighted by Gasteiger charge is 2.41. The van der Waals surface area contributed by atoms with Crippen LogP contribution < -0.4 is 22.1 Å². The van der Waals surface area contributed by atoms with Gasteiger partial charge in [0.1, 0.15) is 16.7 Å². The van der Waals surface area contributed by atoms with Gasteiger partial charge < -0.3 is 36.8 Å². The maximum absolute atomic E-state index is 15.2. The fourth-order valence-electron chi connectivity index (χ4n) is 9.37. The van der Waals surface area contributed by atoms with E-state index >= 15 is 4.79 Å². The van der Waals surface area contributed by atoms with Crippen molar-refractivity contribution in [2.45, 2.75) is 176 Å². The van der Waals surface area contributed by atoms with E-state index in [0.29, 0.717) is 48.5 Å². The minimum Gasteiger partial charge on any atom is -0.481 e. The molecule has 2 unspecified atom stereocenters. The second-order valence-corrected chi connectivity index (χ2v) is 20.7. The molecule has 65 heavy (non-hydrogen) atoms. The lowest BCUT2D eigenvalue weighted by molar-refractivity contribution is -0.150. The van der Waals surface area contributed by atoms with Crippen LogP contribution in [-0.2, 0) is 30.3 Å². The number of hydrogen-bond donors (Lipinski definition) is 5. The van der Waals surface area contributed by atoms with Crippen LogP contribution in [0.5, 0.6) is 0 Å². The molecular formula is C50H81N7O7S. The zero-order chi connectivity index (χ0) is 47.8. The minimum absolute atomic E-state index is 0.0646.